The van der Waals surface area contributed by atoms with E-state index in [9.17, 15) is 0 Å². The molecular weight excluding hydrogens is 616 g/mol. The minimum atomic E-state index is 0.604. The van der Waals surface area contributed by atoms with Crippen LogP contribution in [-0.4, -0.2) is 98.8 Å². The van der Waals surface area contributed by atoms with Crippen molar-refractivity contribution in [2.75, 3.05) is 19.8 Å². The average Bonchev–Trinajstić information content (AvgIpc) is 3.21. The van der Waals surface area contributed by atoms with Crippen LogP contribution >= 0.6 is 0 Å². The third-order valence-electron chi connectivity index (χ3n) is 4.84. The summed E-state index contributed by atoms with van der Waals surface area (Å²) in [6.07, 6.45) is 13.5. The van der Waals surface area contributed by atoms with Crippen molar-refractivity contribution in [3.63, 3.8) is 0 Å². The Kier molecular flexibility index (Phi) is 124. The molecule has 0 radical (unpaired) electrons. The van der Waals surface area contributed by atoms with Gasteiger partial charge in [0.05, 0.1) is 13.0 Å². The number of hydrogen-bond acceptors (Lipinski definition) is 12. The quantitative estimate of drug-likeness (QED) is 0.137. The van der Waals surface area contributed by atoms with Gasteiger partial charge in [-0.15, -0.1) is 0 Å². The number of carbonyl (C=O) groups excluding carboxylic acids is 11. The van der Waals surface area contributed by atoms with E-state index < -0.39 is 0 Å². The Labute approximate surface area is 279 Å². The summed E-state index contributed by atoms with van der Waals surface area (Å²) in [5.74, 6) is 0.909. The zero-order chi connectivity index (χ0) is 39.0. The number of carbonyl (C=O) groups is 10. The first-order valence-corrected chi connectivity index (χ1v) is 13.4. The van der Waals surface area contributed by atoms with E-state index in [1.165, 1.54) is 62.0 Å². The van der Waals surface area contributed by atoms with E-state index in [4.69, 9.17) is 62.2 Å². The van der Waals surface area contributed by atoms with Gasteiger partial charge in [-0.05, 0) is 35.7 Å². The highest BCUT2D eigenvalue weighted by atomic mass is 16.5. The lowest BCUT2D eigenvalue weighted by Crippen LogP contribution is -2.07. The number of ether oxygens (including phenoxy) is 2. The molecule has 47 heavy (non-hydrogen) atoms. The van der Waals surface area contributed by atoms with E-state index >= 15 is 0 Å². The van der Waals surface area contributed by atoms with Gasteiger partial charge in [0.15, 0.2) is 0 Å². The molecule has 0 heterocycles. The smallest absolute Gasteiger partial charge is 0.281 e. The Morgan fingerprint density at radius 1 is 0.447 bits per heavy atom. The van der Waals surface area contributed by atoms with E-state index in [1.807, 2.05) is 80.0 Å². The van der Waals surface area contributed by atoms with Crippen LogP contribution in [0.25, 0.3) is 10.8 Å². The maximum absolute atomic E-state index is 8.60. The topological polar surface area (TPSA) is 211 Å². The lowest BCUT2D eigenvalue weighted by atomic mass is 10.1. The molecular formula is C34H55O13+. The lowest BCUT2D eigenvalue weighted by molar-refractivity contribution is -0.0987. The molecule has 0 unspecified atom stereocenters. The molecule has 0 amide bonds. The van der Waals surface area contributed by atoms with Gasteiger partial charge in [0, 0.05) is 6.61 Å². The van der Waals surface area contributed by atoms with Crippen LogP contribution in [0.4, 0.5) is 0 Å². The molecule has 0 spiro atoms. The third kappa shape index (κ3) is 60.8. The van der Waals surface area contributed by atoms with Crippen molar-refractivity contribution >= 4 is 84.9 Å². The molecule has 13 heteroatoms. The van der Waals surface area contributed by atoms with Crippen molar-refractivity contribution in [3.05, 3.63) is 42.5 Å². The van der Waals surface area contributed by atoms with Crippen LogP contribution in [0, 0.1) is 0 Å². The van der Waals surface area contributed by atoms with Crippen LogP contribution < -0.4 is 4.74 Å². The van der Waals surface area contributed by atoms with Crippen LogP contribution in [0.1, 0.15) is 64.2 Å². The van der Waals surface area contributed by atoms with Gasteiger partial charge in [0.25, 0.3) is 6.29 Å². The standard InChI is InChI=1S/C24H34O3.10CH2O/c25-17-11-7-5-3-1-2-4-6-8-12-18-26-19-20-27-24-16-15-22-13-9-10-14-23(22)21-24;10*1-2/h9-10,13-17,21H,1-8,11-12,18-20H2;10*1H2/p+1. The summed E-state index contributed by atoms with van der Waals surface area (Å²) in [4.78, 5) is 88.6. The zero-order valence-electron chi connectivity index (χ0n) is 27.7. The van der Waals surface area contributed by atoms with Crippen LogP contribution in [0.5, 0.6) is 5.75 Å². The summed E-state index contributed by atoms with van der Waals surface area (Å²) >= 11 is 0. The van der Waals surface area contributed by atoms with Crippen molar-refractivity contribution in [3.8, 4) is 5.75 Å². The molecule has 2 rings (SSSR count). The second-order valence-corrected chi connectivity index (χ2v) is 7.12. The summed E-state index contributed by atoms with van der Waals surface area (Å²) in [7, 11) is 0. The summed E-state index contributed by atoms with van der Waals surface area (Å²) in [6, 6.07) is 14.5. The highest BCUT2D eigenvalue weighted by Gasteiger charge is 1.98. The maximum Gasteiger partial charge on any atom is 0.281 e. The SMILES string of the molecule is C=O.C=O.C=O.C=O.C=O.C=O.C=O.C=O.C=O.C=O.[OH+]=CCCCCCCCCCCCOCCOc1ccc2ccccc2c1. The van der Waals surface area contributed by atoms with Crippen LogP contribution in [0.3, 0.4) is 0 Å². The Morgan fingerprint density at radius 2 is 0.830 bits per heavy atom. The molecule has 0 bridgehead atoms. The Balaban J connectivity index is -0.0000000881. The second-order valence-electron chi connectivity index (χ2n) is 7.12. The lowest BCUT2D eigenvalue weighted by Gasteiger charge is -2.08. The first-order chi connectivity index (χ1) is 23.4. The van der Waals surface area contributed by atoms with E-state index in [1.54, 1.807) is 0 Å². The predicted molar refractivity (Wildman–Crippen MR) is 186 cm³/mol. The molecule has 13 nitrogen and oxygen atoms in total. The normalized spacial score (nSPS) is 7.15. The van der Waals surface area contributed by atoms with Crippen LogP contribution in [-0.2, 0) is 52.7 Å². The van der Waals surface area contributed by atoms with Crippen molar-refractivity contribution in [2.24, 2.45) is 0 Å². The summed E-state index contributed by atoms with van der Waals surface area (Å²) < 4.78 is 11.5. The van der Waals surface area contributed by atoms with Gasteiger partial charge < -0.3 is 57.4 Å². The molecule has 1 N–H and O–H groups in total. The van der Waals surface area contributed by atoms with Crippen molar-refractivity contribution in [2.45, 2.75) is 64.2 Å². The van der Waals surface area contributed by atoms with Gasteiger partial charge in [0.2, 0.25) is 0 Å². The fourth-order valence-corrected chi connectivity index (χ4v) is 3.25. The van der Waals surface area contributed by atoms with E-state index in [0.717, 1.165) is 31.6 Å². The van der Waals surface area contributed by atoms with Crippen molar-refractivity contribution < 1.29 is 62.2 Å². The highest BCUT2D eigenvalue weighted by Crippen LogP contribution is 2.20. The predicted octanol–water partition coefficient (Wildman–Crippen LogP) is 4.46. The van der Waals surface area contributed by atoms with Gasteiger partial charge in [-0.25, -0.2) is 0 Å². The average molecular weight is 672 g/mol. The third-order valence-corrected chi connectivity index (χ3v) is 4.84. The molecule has 2 aromatic carbocycles. The van der Waals surface area contributed by atoms with Gasteiger partial charge in [0.1, 0.15) is 80.2 Å². The van der Waals surface area contributed by atoms with Crippen molar-refractivity contribution in [1.82, 2.24) is 0 Å². The Hall–Kier alpha value is -5.17. The fraction of sp³-hybridized carbons (Fsp3) is 0.382. The summed E-state index contributed by atoms with van der Waals surface area (Å²) in [5, 5.41) is 2.45. The fourth-order valence-electron chi connectivity index (χ4n) is 3.25. The monoisotopic (exact) mass is 671 g/mol. The van der Waals surface area contributed by atoms with E-state index in [2.05, 4.69) is 30.3 Å². The number of benzene rings is 2. The summed E-state index contributed by atoms with van der Waals surface area (Å²) in [6.45, 7) is 22.1. The largest absolute Gasteiger partial charge is 0.491 e. The number of fused-ring (bicyclic) bond motifs is 1. The Morgan fingerprint density at radius 3 is 1.26 bits per heavy atom. The number of aldehydes is 1. The van der Waals surface area contributed by atoms with E-state index in [-0.39, 0.29) is 0 Å². The second kappa shape index (κ2) is 90.0. The molecule has 0 aliphatic rings. The van der Waals surface area contributed by atoms with Crippen LogP contribution in [0.2, 0.25) is 0 Å². The molecule has 0 fully saturated rings. The number of unbranched alkanes of at least 4 members (excludes halogenated alkanes) is 9. The molecule has 0 aliphatic carbocycles. The van der Waals surface area contributed by atoms with Gasteiger partial charge in [-0.2, -0.15) is 0 Å². The van der Waals surface area contributed by atoms with Gasteiger partial charge in [-0.1, -0.05) is 75.3 Å². The first-order valence-electron chi connectivity index (χ1n) is 13.4. The number of rotatable bonds is 16. The number of hydrogen-bond donors (Lipinski definition) is 0. The highest BCUT2D eigenvalue weighted by molar-refractivity contribution is 5.83. The molecule has 0 aliphatic heterocycles. The molecule has 268 valence electrons. The minimum Gasteiger partial charge on any atom is -0.491 e. The summed E-state index contributed by atoms with van der Waals surface area (Å²) in [5.41, 5.74) is 0. The minimum absolute atomic E-state index is 0.604. The maximum atomic E-state index is 8.60. The molecule has 0 aromatic heterocycles. The molecule has 0 atom stereocenters. The molecule has 2 aromatic rings. The van der Waals surface area contributed by atoms with Crippen molar-refractivity contribution in [1.29, 1.82) is 0 Å². The van der Waals surface area contributed by atoms with Gasteiger partial charge in [-0.3, -0.25) is 4.79 Å². The molecule has 0 saturated heterocycles. The zero-order valence-corrected chi connectivity index (χ0v) is 27.7. The van der Waals surface area contributed by atoms with Gasteiger partial charge >= 0.3 is 0 Å². The van der Waals surface area contributed by atoms with E-state index in [0.29, 0.717) is 13.2 Å². The van der Waals surface area contributed by atoms with Crippen LogP contribution in [0.15, 0.2) is 42.5 Å². The first kappa shape index (κ1) is 64.7. The Bertz CT molecular complexity index is 779. The molecule has 0 saturated carbocycles.